The molecule has 0 spiro atoms. The van der Waals surface area contributed by atoms with E-state index in [1.54, 1.807) is 18.3 Å². The van der Waals surface area contributed by atoms with Gasteiger partial charge in [0.15, 0.2) is 0 Å². The van der Waals surface area contributed by atoms with Crippen LogP contribution >= 0.6 is 0 Å². The van der Waals surface area contributed by atoms with Crippen LogP contribution < -0.4 is 16.0 Å². The van der Waals surface area contributed by atoms with Crippen molar-refractivity contribution in [3.05, 3.63) is 54.0 Å². The van der Waals surface area contributed by atoms with Crippen molar-refractivity contribution in [2.45, 2.75) is 49.6 Å². The first-order valence-corrected chi connectivity index (χ1v) is 12.3. The van der Waals surface area contributed by atoms with E-state index in [-0.39, 0.29) is 22.9 Å². The Morgan fingerprint density at radius 1 is 0.941 bits per heavy atom. The van der Waals surface area contributed by atoms with Gasteiger partial charge in [-0.25, -0.2) is 4.98 Å². The molecule has 0 radical (unpaired) electrons. The lowest BCUT2D eigenvalue weighted by Gasteiger charge is -2.62. The molecule has 2 aromatic heterocycles. The van der Waals surface area contributed by atoms with Gasteiger partial charge in [-0.15, -0.1) is 0 Å². The fraction of sp³-hybridized carbons (Fsp3) is 0.538. The zero-order chi connectivity index (χ0) is 23.8. The zero-order valence-electron chi connectivity index (χ0n) is 20.0. The van der Waals surface area contributed by atoms with E-state index in [4.69, 9.17) is 0 Å². The third-order valence-electron chi connectivity index (χ3n) is 7.56. The molecular formula is C26H34N6O2. The molecule has 180 valence electrons. The molecule has 4 aliphatic carbocycles. The van der Waals surface area contributed by atoms with Crippen LogP contribution in [0.4, 0.5) is 5.82 Å². The van der Waals surface area contributed by atoms with Crippen LogP contribution in [0.3, 0.4) is 0 Å². The van der Waals surface area contributed by atoms with Crippen LogP contribution in [0.5, 0.6) is 0 Å². The maximum Gasteiger partial charge on any atom is 0.270 e. The number of rotatable bonds is 8. The molecule has 2 aromatic rings. The standard InChI is InChI=1S/C26H34N6O2/c1-32(2)11-10-28-22-8-5-7-21(29-22)24(34)31-26-15-18-12-19(16-26)14-25(13-18,17-26)30-23(33)20-6-3-4-9-27-20/h3-9,18-19H,10-17H2,1-2H3,(H,28,29)(H,30,33)(H,31,34). The van der Waals surface area contributed by atoms with Crippen molar-refractivity contribution in [3.63, 3.8) is 0 Å². The Balaban J connectivity index is 1.29. The number of likely N-dealkylation sites (N-methyl/N-ethyl adjacent to an activating group) is 1. The van der Waals surface area contributed by atoms with Crippen molar-refractivity contribution in [2.75, 3.05) is 32.5 Å². The fourth-order valence-corrected chi connectivity index (χ4v) is 6.73. The second-order valence-electron chi connectivity index (χ2n) is 10.8. The molecule has 0 aromatic carbocycles. The highest BCUT2D eigenvalue weighted by Gasteiger charge is 2.58. The average molecular weight is 463 g/mol. The van der Waals surface area contributed by atoms with Gasteiger partial charge in [-0.1, -0.05) is 12.1 Å². The predicted octanol–water partition coefficient (Wildman–Crippen LogP) is 2.70. The minimum absolute atomic E-state index is 0.123. The molecule has 4 bridgehead atoms. The van der Waals surface area contributed by atoms with Gasteiger partial charge in [0.2, 0.25) is 0 Å². The summed E-state index contributed by atoms with van der Waals surface area (Å²) in [5.41, 5.74) is 0.292. The van der Waals surface area contributed by atoms with Crippen molar-refractivity contribution in [2.24, 2.45) is 11.8 Å². The van der Waals surface area contributed by atoms with Crippen molar-refractivity contribution in [1.82, 2.24) is 25.5 Å². The number of amides is 2. The van der Waals surface area contributed by atoms with Crippen LogP contribution in [0.15, 0.2) is 42.6 Å². The second kappa shape index (κ2) is 8.98. The van der Waals surface area contributed by atoms with Gasteiger partial charge in [0, 0.05) is 30.4 Å². The average Bonchev–Trinajstić information content (AvgIpc) is 2.78. The van der Waals surface area contributed by atoms with Gasteiger partial charge in [0.1, 0.15) is 17.2 Å². The summed E-state index contributed by atoms with van der Waals surface area (Å²) in [7, 11) is 4.05. The number of carbonyl (C=O) groups is 2. The molecule has 8 heteroatoms. The van der Waals surface area contributed by atoms with Crippen LogP contribution in [0, 0.1) is 11.8 Å². The van der Waals surface area contributed by atoms with Gasteiger partial charge in [0.25, 0.3) is 11.8 Å². The van der Waals surface area contributed by atoms with E-state index in [0.717, 1.165) is 45.2 Å². The highest BCUT2D eigenvalue weighted by Crippen LogP contribution is 2.57. The molecule has 3 N–H and O–H groups in total. The monoisotopic (exact) mass is 462 g/mol. The molecule has 0 saturated heterocycles. The highest BCUT2D eigenvalue weighted by atomic mass is 16.2. The molecule has 2 atom stereocenters. The topological polar surface area (TPSA) is 99.2 Å². The summed E-state index contributed by atoms with van der Waals surface area (Å²) in [6.45, 7) is 1.65. The molecule has 2 amide bonds. The van der Waals surface area contributed by atoms with Gasteiger partial charge < -0.3 is 20.9 Å². The second-order valence-corrected chi connectivity index (χ2v) is 10.8. The Morgan fingerprint density at radius 2 is 1.59 bits per heavy atom. The molecule has 4 aliphatic rings. The van der Waals surface area contributed by atoms with E-state index in [1.807, 2.05) is 38.4 Å². The molecule has 2 heterocycles. The molecule has 2 unspecified atom stereocenters. The summed E-state index contributed by atoms with van der Waals surface area (Å²) >= 11 is 0. The van der Waals surface area contributed by atoms with Crippen LogP contribution in [0.1, 0.15) is 59.5 Å². The summed E-state index contributed by atoms with van der Waals surface area (Å²) in [5, 5.41) is 10.0. The number of pyridine rings is 2. The number of hydrogen-bond donors (Lipinski definition) is 3. The number of aromatic nitrogens is 2. The Labute approximate surface area is 200 Å². The first-order valence-electron chi connectivity index (χ1n) is 12.3. The third-order valence-corrected chi connectivity index (χ3v) is 7.56. The van der Waals surface area contributed by atoms with Gasteiger partial charge in [-0.05, 0) is 88.7 Å². The van der Waals surface area contributed by atoms with Gasteiger partial charge >= 0.3 is 0 Å². The summed E-state index contributed by atoms with van der Waals surface area (Å²) in [5.74, 6) is 1.47. The normalized spacial score (nSPS) is 29.1. The summed E-state index contributed by atoms with van der Waals surface area (Å²) in [4.78, 5) is 37.1. The Bertz CT molecular complexity index is 1040. The number of anilines is 1. The van der Waals surface area contributed by atoms with Gasteiger partial charge in [0.05, 0.1) is 0 Å². The maximum atomic E-state index is 13.3. The van der Waals surface area contributed by atoms with E-state index < -0.39 is 0 Å². The third kappa shape index (κ3) is 4.78. The first kappa shape index (κ1) is 22.8. The maximum absolute atomic E-state index is 13.3. The SMILES string of the molecule is CN(C)CCNc1cccc(C(=O)NC23CC4CC(CC(NC(=O)c5ccccn5)(C4)C2)C3)n1. The molecular weight excluding hydrogens is 428 g/mol. The molecule has 34 heavy (non-hydrogen) atoms. The predicted molar refractivity (Wildman–Crippen MR) is 131 cm³/mol. The van der Waals surface area contributed by atoms with Crippen LogP contribution in [0.2, 0.25) is 0 Å². The fourth-order valence-electron chi connectivity index (χ4n) is 6.73. The Kier molecular flexibility index (Phi) is 6.02. The largest absolute Gasteiger partial charge is 0.369 e. The van der Waals surface area contributed by atoms with Crippen molar-refractivity contribution >= 4 is 17.6 Å². The lowest BCUT2D eigenvalue weighted by molar-refractivity contribution is -0.0449. The van der Waals surface area contributed by atoms with Crippen LogP contribution in [-0.4, -0.2) is 64.9 Å². The minimum Gasteiger partial charge on any atom is -0.369 e. The molecule has 0 aliphatic heterocycles. The van der Waals surface area contributed by atoms with Gasteiger partial charge in [-0.3, -0.25) is 14.6 Å². The number of nitrogens with one attached hydrogen (secondary N) is 3. The number of carbonyl (C=O) groups excluding carboxylic acids is 2. The van der Waals surface area contributed by atoms with Crippen molar-refractivity contribution in [1.29, 1.82) is 0 Å². The summed E-state index contributed by atoms with van der Waals surface area (Å²) < 4.78 is 0. The lowest BCUT2D eigenvalue weighted by atomic mass is 9.49. The van der Waals surface area contributed by atoms with Crippen molar-refractivity contribution in [3.8, 4) is 0 Å². The van der Waals surface area contributed by atoms with E-state index in [1.165, 1.54) is 6.42 Å². The zero-order valence-corrected chi connectivity index (χ0v) is 20.0. The van der Waals surface area contributed by atoms with E-state index >= 15 is 0 Å². The Hall–Kier alpha value is -3.00. The summed E-state index contributed by atoms with van der Waals surface area (Å²) in [6.07, 6.45) is 7.48. The molecule has 6 rings (SSSR count). The van der Waals surface area contributed by atoms with E-state index in [9.17, 15) is 9.59 Å². The van der Waals surface area contributed by atoms with Crippen LogP contribution in [-0.2, 0) is 0 Å². The Morgan fingerprint density at radius 3 is 2.21 bits per heavy atom. The van der Waals surface area contributed by atoms with Crippen LogP contribution in [0.25, 0.3) is 0 Å². The minimum atomic E-state index is -0.297. The highest BCUT2D eigenvalue weighted by molar-refractivity contribution is 5.94. The number of hydrogen-bond acceptors (Lipinski definition) is 6. The summed E-state index contributed by atoms with van der Waals surface area (Å²) in [6, 6.07) is 10.9. The molecule has 4 fully saturated rings. The quantitative estimate of drug-likeness (QED) is 0.558. The van der Waals surface area contributed by atoms with Crippen molar-refractivity contribution < 1.29 is 9.59 Å². The number of nitrogens with zero attached hydrogens (tertiary/aromatic N) is 3. The van der Waals surface area contributed by atoms with Gasteiger partial charge in [-0.2, -0.15) is 0 Å². The van der Waals surface area contributed by atoms with E-state index in [0.29, 0.717) is 29.0 Å². The lowest BCUT2D eigenvalue weighted by Crippen LogP contribution is -2.69. The first-order chi connectivity index (χ1) is 16.3. The molecule has 8 nitrogen and oxygen atoms in total. The van der Waals surface area contributed by atoms with E-state index in [2.05, 4.69) is 30.8 Å². The smallest absolute Gasteiger partial charge is 0.270 e. The molecule has 4 saturated carbocycles.